The molecule has 0 atom stereocenters. The minimum atomic E-state index is -0.461. The summed E-state index contributed by atoms with van der Waals surface area (Å²) >= 11 is 13.6. The summed E-state index contributed by atoms with van der Waals surface area (Å²) in [7, 11) is 6.79. The number of hydrogen-bond donors (Lipinski definition) is 1. The lowest BCUT2D eigenvalue weighted by molar-refractivity contribution is -0.880. The number of rotatable bonds is 15. The number of methoxy groups -OCH3 is 2. The lowest BCUT2D eigenvalue weighted by atomic mass is 10.0. The molecule has 0 unspecified atom stereocenters. The van der Waals surface area contributed by atoms with E-state index in [0.29, 0.717) is 46.3 Å². The molecule has 0 fully saturated rings. The number of carbonyl (C=O) groups is 1. The van der Waals surface area contributed by atoms with Gasteiger partial charge >= 0.3 is 5.82 Å². The van der Waals surface area contributed by atoms with E-state index in [4.69, 9.17) is 37.7 Å². The van der Waals surface area contributed by atoms with Crippen molar-refractivity contribution < 1.29 is 23.7 Å². The first kappa shape index (κ1) is 38.8. The number of ether oxygens (including phenoxy) is 2. The van der Waals surface area contributed by atoms with Crippen LogP contribution in [0.5, 0.6) is 11.5 Å². The standard InChI is InChI=1S/C39H36Cl2N8O6/c1-49(2,23-26-12-14-43-36(26)48(52)53)15-7-11-29(50)17-24-8-5-9-25(16-24)22-47-37-27(20-44-39(46-37)45-28-10-6-13-42-21-28)18-30(38(47)51)33-34(40)31(54-3)19-32(55-4)35(33)41/h5-11,13-14,16,18-21H,12,15,17,22-23H2,1-4H3/p+1/b11-7+. The largest absolute Gasteiger partial charge is 0.495 e. The van der Waals surface area contributed by atoms with E-state index in [2.05, 4.69) is 20.3 Å². The molecule has 0 spiro atoms. The first-order valence-corrected chi connectivity index (χ1v) is 17.8. The molecule has 0 saturated heterocycles. The van der Waals surface area contributed by atoms with Gasteiger partial charge in [0.15, 0.2) is 5.78 Å². The highest BCUT2D eigenvalue weighted by Crippen LogP contribution is 2.45. The number of nitro groups is 1. The lowest BCUT2D eigenvalue weighted by Gasteiger charge is -2.28. The van der Waals surface area contributed by atoms with Crippen LogP contribution in [-0.4, -0.2) is 82.3 Å². The van der Waals surface area contributed by atoms with Crippen molar-refractivity contribution in [3.05, 3.63) is 132 Å². The average molecular weight is 785 g/mol. The zero-order valence-electron chi connectivity index (χ0n) is 30.5. The van der Waals surface area contributed by atoms with E-state index in [9.17, 15) is 19.7 Å². The van der Waals surface area contributed by atoms with E-state index >= 15 is 0 Å². The van der Waals surface area contributed by atoms with Crippen molar-refractivity contribution in [3.63, 3.8) is 0 Å². The molecule has 0 amide bonds. The average Bonchev–Trinajstić information content (AvgIpc) is 3.62. The van der Waals surface area contributed by atoms with Crippen molar-refractivity contribution in [1.82, 2.24) is 19.5 Å². The molecular weight excluding hydrogens is 747 g/mol. The number of aromatic nitrogens is 4. The molecule has 4 heterocycles. The van der Waals surface area contributed by atoms with Gasteiger partial charge in [-0.15, -0.1) is 0 Å². The number of nitrogens with one attached hydrogen (secondary N) is 1. The van der Waals surface area contributed by atoms with Crippen molar-refractivity contribution in [2.45, 2.75) is 19.4 Å². The van der Waals surface area contributed by atoms with E-state index in [1.165, 1.54) is 24.9 Å². The van der Waals surface area contributed by atoms with Crippen LogP contribution in [0.1, 0.15) is 17.5 Å². The van der Waals surface area contributed by atoms with E-state index in [0.717, 1.165) is 11.1 Å². The Bertz CT molecular complexity index is 2420. The van der Waals surface area contributed by atoms with Gasteiger partial charge in [-0.3, -0.25) is 19.1 Å². The van der Waals surface area contributed by atoms with Gasteiger partial charge in [0.1, 0.15) is 29.9 Å². The number of likely N-dealkylation sites (N-methyl/N-ethyl adjacent to an activating group) is 1. The highest BCUT2D eigenvalue weighted by Gasteiger charge is 2.28. The van der Waals surface area contributed by atoms with Crippen LogP contribution in [0.25, 0.3) is 22.2 Å². The van der Waals surface area contributed by atoms with Crippen LogP contribution in [0.3, 0.4) is 0 Å². The zero-order chi connectivity index (χ0) is 39.3. The SMILES string of the molecule is COc1cc(OC)c(Cl)c(-c2cc3cnc(Nc4cccnc4)nc3n(Cc3cccc(CC(=O)/C=C/C[N+](C)(C)CC4=C([N+](=O)[O-])N=CC4)c3)c2=O)c1Cl. The monoisotopic (exact) mass is 783 g/mol. The summed E-state index contributed by atoms with van der Waals surface area (Å²) < 4.78 is 12.9. The van der Waals surface area contributed by atoms with E-state index in [1.807, 2.05) is 44.4 Å². The molecular formula is C39H37Cl2N8O6+. The maximum atomic E-state index is 14.5. The Balaban J connectivity index is 1.31. The molecule has 6 rings (SSSR count). The van der Waals surface area contributed by atoms with Gasteiger partial charge in [0.05, 0.1) is 74.5 Å². The highest BCUT2D eigenvalue weighted by molar-refractivity contribution is 6.41. The van der Waals surface area contributed by atoms with Gasteiger partial charge in [0, 0.05) is 42.3 Å². The number of ketones is 1. The highest BCUT2D eigenvalue weighted by atomic mass is 35.5. The summed E-state index contributed by atoms with van der Waals surface area (Å²) in [6.07, 6.45) is 10.3. The maximum absolute atomic E-state index is 14.5. The molecule has 0 aliphatic carbocycles. The van der Waals surface area contributed by atoms with Crippen molar-refractivity contribution in [2.75, 3.05) is 46.7 Å². The number of hydrogen-bond acceptors (Lipinski definition) is 11. The van der Waals surface area contributed by atoms with Crippen LogP contribution >= 0.6 is 23.2 Å². The third-order valence-electron chi connectivity index (χ3n) is 8.86. The quantitative estimate of drug-likeness (QED) is 0.0525. The van der Waals surface area contributed by atoms with Crippen molar-refractivity contribution >= 4 is 57.9 Å². The predicted octanol–water partition coefficient (Wildman–Crippen LogP) is 6.68. The molecule has 3 aromatic heterocycles. The van der Waals surface area contributed by atoms with Gasteiger partial charge in [-0.1, -0.05) is 52.5 Å². The summed E-state index contributed by atoms with van der Waals surface area (Å²) in [5.41, 5.74) is 3.12. The molecule has 282 valence electrons. The molecule has 16 heteroatoms. The van der Waals surface area contributed by atoms with Crippen molar-refractivity contribution in [3.8, 4) is 22.6 Å². The number of nitrogens with zero attached hydrogens (tertiary/aromatic N) is 7. The van der Waals surface area contributed by atoms with Crippen LogP contribution < -0.4 is 20.3 Å². The number of anilines is 2. The van der Waals surface area contributed by atoms with Gasteiger partial charge in [-0.25, -0.2) is 4.98 Å². The topological polar surface area (TPSA) is 164 Å². The molecule has 5 aromatic rings. The fraction of sp³-hybridized carbons (Fsp3) is 0.231. The number of pyridine rings is 2. The molecule has 1 N–H and O–H groups in total. The molecule has 1 aliphatic heterocycles. The zero-order valence-corrected chi connectivity index (χ0v) is 32.0. The molecule has 0 saturated carbocycles. The van der Waals surface area contributed by atoms with Gasteiger partial charge in [0.2, 0.25) is 5.95 Å². The van der Waals surface area contributed by atoms with Crippen LogP contribution in [0.15, 0.2) is 100 Å². The van der Waals surface area contributed by atoms with Gasteiger partial charge < -0.3 is 29.4 Å². The fourth-order valence-corrected chi connectivity index (χ4v) is 7.00. The fourth-order valence-electron chi connectivity index (χ4n) is 6.30. The number of quaternary nitrogens is 1. The van der Waals surface area contributed by atoms with E-state index in [1.54, 1.807) is 49.1 Å². The third kappa shape index (κ3) is 8.89. The molecule has 0 radical (unpaired) electrons. The molecule has 55 heavy (non-hydrogen) atoms. The maximum Gasteiger partial charge on any atom is 0.368 e. The summed E-state index contributed by atoms with van der Waals surface area (Å²) in [6.45, 7) is 0.999. The van der Waals surface area contributed by atoms with Gasteiger partial charge in [-0.2, -0.15) is 4.98 Å². The number of fused-ring (bicyclic) bond motifs is 1. The van der Waals surface area contributed by atoms with Gasteiger partial charge in [0.25, 0.3) is 5.56 Å². The Morgan fingerprint density at radius 1 is 1.05 bits per heavy atom. The summed E-state index contributed by atoms with van der Waals surface area (Å²) in [4.78, 5) is 55.7. The first-order valence-electron chi connectivity index (χ1n) is 17.0. The normalized spacial score (nSPS) is 12.8. The summed E-state index contributed by atoms with van der Waals surface area (Å²) in [6, 6.07) is 14.2. The Morgan fingerprint density at radius 3 is 2.49 bits per heavy atom. The summed E-state index contributed by atoms with van der Waals surface area (Å²) in [5, 5.41) is 15.2. The Morgan fingerprint density at radius 2 is 1.80 bits per heavy atom. The minimum absolute atomic E-state index is 0.0815. The number of aliphatic imine (C=N–C) groups is 1. The minimum Gasteiger partial charge on any atom is -0.495 e. The molecule has 1 aliphatic rings. The number of allylic oxidation sites excluding steroid dienone is 1. The van der Waals surface area contributed by atoms with Crippen LogP contribution in [0, 0.1) is 10.1 Å². The number of halogens is 2. The van der Waals surface area contributed by atoms with Crippen LogP contribution in [-0.2, 0) is 17.8 Å². The second kappa shape index (κ2) is 16.6. The molecule has 2 aromatic carbocycles. The first-order chi connectivity index (χ1) is 26.4. The van der Waals surface area contributed by atoms with E-state index < -0.39 is 10.5 Å². The van der Waals surface area contributed by atoms with E-state index in [-0.39, 0.29) is 63.2 Å². The van der Waals surface area contributed by atoms with Crippen LogP contribution in [0.4, 0.5) is 11.6 Å². The van der Waals surface area contributed by atoms with Crippen LogP contribution in [0.2, 0.25) is 10.0 Å². The number of benzene rings is 2. The predicted molar refractivity (Wildman–Crippen MR) is 212 cm³/mol. The third-order valence-corrected chi connectivity index (χ3v) is 9.61. The Labute approximate surface area is 326 Å². The smallest absolute Gasteiger partial charge is 0.368 e. The number of carbonyl (C=O) groups excluding carboxylic acids is 1. The lowest BCUT2D eigenvalue weighted by Crippen LogP contribution is -2.41. The Hall–Kier alpha value is -5.96. The van der Waals surface area contributed by atoms with Crippen molar-refractivity contribution in [1.29, 1.82) is 0 Å². The second-order valence-electron chi connectivity index (χ2n) is 13.4. The molecule has 14 nitrogen and oxygen atoms in total. The Kier molecular flexibility index (Phi) is 11.7. The summed E-state index contributed by atoms with van der Waals surface area (Å²) in [5.74, 6) is 0.576. The molecule has 0 bridgehead atoms. The van der Waals surface area contributed by atoms with Crippen molar-refractivity contribution in [2.24, 2.45) is 4.99 Å². The second-order valence-corrected chi connectivity index (χ2v) is 14.2. The van der Waals surface area contributed by atoms with Gasteiger partial charge in [-0.05, 0) is 46.4 Å².